The van der Waals surface area contributed by atoms with Crippen molar-refractivity contribution in [2.75, 3.05) is 51.6 Å². The second-order valence-corrected chi connectivity index (χ2v) is 12.0. The number of halogens is 3. The Bertz CT molecular complexity index is 1830. The van der Waals surface area contributed by atoms with Crippen LogP contribution in [0.2, 0.25) is 0 Å². The number of aromatic nitrogens is 3. The number of alkyl halides is 1. The zero-order valence-corrected chi connectivity index (χ0v) is 24.7. The van der Waals surface area contributed by atoms with Crippen LogP contribution in [-0.4, -0.2) is 89.5 Å². The van der Waals surface area contributed by atoms with Gasteiger partial charge in [-0.1, -0.05) is 12.0 Å². The van der Waals surface area contributed by atoms with Crippen molar-refractivity contribution in [3.8, 4) is 35.4 Å². The Balaban J connectivity index is 1.38. The molecule has 3 aliphatic heterocycles. The van der Waals surface area contributed by atoms with Crippen LogP contribution in [0.5, 0.6) is 11.8 Å². The van der Waals surface area contributed by atoms with Crippen LogP contribution in [0.15, 0.2) is 30.5 Å². The maximum absolute atomic E-state index is 16.8. The molecular formula is C33H32F3N5O4. The molecule has 7 rings (SSSR count). The minimum atomic E-state index is -0.935. The number of ether oxygens (including phenoxy) is 3. The standard InChI is InChI=1S/C33H32F3N5O4/c1-3-23-26(35)6-5-19-11-22(45-18-43-2)12-24(27(19)23)29-28(36)30-25(14-37-29)31(40-10-7-21(42)16-40)39-32(38-30)44-17-33-8-4-9-41(33)15-20(34)13-33/h1,5-6,11-12,14,20-21,42H,4,7-10,13,15-18H2,2H3/t20-,21-,33+/m1/s1. The normalized spacial score (nSPS) is 23.2. The highest BCUT2D eigenvalue weighted by Gasteiger charge is 2.49. The first-order valence-corrected chi connectivity index (χ1v) is 15.0. The minimum Gasteiger partial charge on any atom is -0.468 e. The Morgan fingerprint density at radius 3 is 2.80 bits per heavy atom. The van der Waals surface area contributed by atoms with Gasteiger partial charge in [-0.2, -0.15) is 9.97 Å². The molecule has 4 aromatic rings. The van der Waals surface area contributed by atoms with Crippen molar-refractivity contribution >= 4 is 27.5 Å². The number of hydrogen-bond donors (Lipinski definition) is 1. The van der Waals surface area contributed by atoms with E-state index in [2.05, 4.69) is 25.8 Å². The maximum atomic E-state index is 16.8. The summed E-state index contributed by atoms with van der Waals surface area (Å²) in [6.45, 7) is 2.04. The number of benzene rings is 2. The first kappa shape index (κ1) is 29.5. The number of fused-ring (bicyclic) bond motifs is 3. The molecule has 2 aromatic carbocycles. The van der Waals surface area contributed by atoms with E-state index in [1.165, 1.54) is 31.5 Å². The smallest absolute Gasteiger partial charge is 0.319 e. The van der Waals surface area contributed by atoms with Crippen molar-refractivity contribution in [2.24, 2.45) is 0 Å². The van der Waals surface area contributed by atoms with Gasteiger partial charge >= 0.3 is 6.01 Å². The molecule has 1 N–H and O–H groups in total. The molecule has 2 aromatic heterocycles. The Kier molecular flexibility index (Phi) is 7.63. The molecular weight excluding hydrogens is 587 g/mol. The van der Waals surface area contributed by atoms with Gasteiger partial charge in [-0.25, -0.2) is 13.2 Å². The van der Waals surface area contributed by atoms with E-state index in [0.29, 0.717) is 60.2 Å². The Hall–Kier alpha value is -4.18. The van der Waals surface area contributed by atoms with Crippen molar-refractivity contribution in [1.82, 2.24) is 19.9 Å². The molecule has 3 atom stereocenters. The average Bonchev–Trinajstić information content (AvgIpc) is 3.72. The number of methoxy groups -OCH3 is 1. The zero-order chi connectivity index (χ0) is 31.3. The molecule has 5 heterocycles. The largest absolute Gasteiger partial charge is 0.468 e. The van der Waals surface area contributed by atoms with Crippen molar-refractivity contribution in [3.05, 3.63) is 47.7 Å². The van der Waals surface area contributed by atoms with Crippen LogP contribution >= 0.6 is 0 Å². The monoisotopic (exact) mass is 619 g/mol. The third-order valence-corrected chi connectivity index (χ3v) is 9.12. The van der Waals surface area contributed by atoms with E-state index in [1.807, 2.05) is 4.90 Å². The molecule has 3 aliphatic rings. The summed E-state index contributed by atoms with van der Waals surface area (Å²) in [4.78, 5) is 17.6. The summed E-state index contributed by atoms with van der Waals surface area (Å²) in [7, 11) is 1.47. The number of β-amino-alcohol motifs (C(OH)–C–C–N with tert-alkyl or cyclic N) is 1. The van der Waals surface area contributed by atoms with E-state index >= 15 is 4.39 Å². The van der Waals surface area contributed by atoms with Gasteiger partial charge in [0.25, 0.3) is 0 Å². The lowest BCUT2D eigenvalue weighted by atomic mass is 9.95. The van der Waals surface area contributed by atoms with E-state index in [4.69, 9.17) is 20.6 Å². The molecule has 0 aliphatic carbocycles. The van der Waals surface area contributed by atoms with E-state index in [9.17, 15) is 13.9 Å². The number of anilines is 1. The van der Waals surface area contributed by atoms with Gasteiger partial charge in [-0.05, 0) is 49.4 Å². The third-order valence-electron chi connectivity index (χ3n) is 9.12. The Morgan fingerprint density at radius 1 is 1.16 bits per heavy atom. The Labute approximate surface area is 257 Å². The minimum absolute atomic E-state index is 0.0383. The fourth-order valence-electron chi connectivity index (χ4n) is 7.05. The molecule has 0 radical (unpaired) electrons. The molecule has 45 heavy (non-hydrogen) atoms. The highest BCUT2D eigenvalue weighted by atomic mass is 19.1. The maximum Gasteiger partial charge on any atom is 0.319 e. The van der Waals surface area contributed by atoms with Crippen LogP contribution in [-0.2, 0) is 4.74 Å². The lowest BCUT2D eigenvalue weighted by Gasteiger charge is -2.31. The molecule has 3 saturated heterocycles. The van der Waals surface area contributed by atoms with Crippen molar-refractivity contribution in [1.29, 1.82) is 0 Å². The number of terminal acetylenes is 1. The highest BCUT2D eigenvalue weighted by Crippen LogP contribution is 2.42. The summed E-state index contributed by atoms with van der Waals surface area (Å²) in [6, 6.07) is 5.93. The number of aliphatic hydroxyl groups is 1. The average molecular weight is 620 g/mol. The van der Waals surface area contributed by atoms with Gasteiger partial charge in [-0.15, -0.1) is 6.42 Å². The number of nitrogens with zero attached hydrogens (tertiary/aromatic N) is 5. The summed E-state index contributed by atoms with van der Waals surface area (Å²) in [5.41, 5.74) is -0.465. The van der Waals surface area contributed by atoms with Gasteiger partial charge in [0.05, 0.1) is 22.6 Å². The van der Waals surface area contributed by atoms with Crippen LogP contribution in [0.1, 0.15) is 31.2 Å². The SMILES string of the molecule is C#Cc1c(F)ccc2cc(OCOC)cc(-c3ncc4c(N5CC[C@@H](O)C5)nc(OC[C@@]56CCCN5C[C@H](F)C6)nc4c3F)c12. The molecule has 0 amide bonds. The summed E-state index contributed by atoms with van der Waals surface area (Å²) in [5.74, 6) is 1.69. The molecule has 9 nitrogen and oxygen atoms in total. The van der Waals surface area contributed by atoms with E-state index in [-0.39, 0.29) is 41.7 Å². The van der Waals surface area contributed by atoms with Gasteiger partial charge in [0, 0.05) is 50.3 Å². The highest BCUT2D eigenvalue weighted by molar-refractivity contribution is 6.03. The van der Waals surface area contributed by atoms with Crippen LogP contribution in [0.4, 0.5) is 19.0 Å². The van der Waals surface area contributed by atoms with Crippen LogP contribution < -0.4 is 14.4 Å². The predicted molar refractivity (Wildman–Crippen MR) is 162 cm³/mol. The van der Waals surface area contributed by atoms with Gasteiger partial charge in [-0.3, -0.25) is 9.88 Å². The van der Waals surface area contributed by atoms with Gasteiger partial charge in [0.1, 0.15) is 41.4 Å². The van der Waals surface area contributed by atoms with E-state index in [1.54, 1.807) is 6.07 Å². The molecule has 12 heteroatoms. The topological polar surface area (TPSA) is 93.1 Å². The molecule has 0 unspecified atom stereocenters. The second kappa shape index (κ2) is 11.6. The van der Waals surface area contributed by atoms with Crippen LogP contribution in [0.25, 0.3) is 32.9 Å². The van der Waals surface area contributed by atoms with Crippen molar-refractivity contribution in [3.63, 3.8) is 0 Å². The first-order valence-electron chi connectivity index (χ1n) is 15.0. The zero-order valence-electron chi connectivity index (χ0n) is 24.7. The number of rotatable bonds is 8. The van der Waals surface area contributed by atoms with Crippen LogP contribution in [0, 0.1) is 24.0 Å². The number of pyridine rings is 1. The first-order chi connectivity index (χ1) is 21.8. The van der Waals surface area contributed by atoms with Gasteiger partial charge in [0.15, 0.2) is 12.6 Å². The lowest BCUT2D eigenvalue weighted by molar-refractivity contribution is 0.0512. The molecule has 0 bridgehead atoms. The van der Waals surface area contributed by atoms with E-state index < -0.39 is 29.4 Å². The lowest BCUT2D eigenvalue weighted by Crippen LogP contribution is -2.43. The van der Waals surface area contributed by atoms with Gasteiger partial charge < -0.3 is 24.2 Å². The summed E-state index contributed by atoms with van der Waals surface area (Å²) in [5, 5.41) is 11.4. The molecule has 234 valence electrons. The summed E-state index contributed by atoms with van der Waals surface area (Å²) in [6.07, 6.45) is 8.28. The molecule has 3 fully saturated rings. The number of aliphatic hydroxyl groups excluding tert-OH is 1. The predicted octanol–water partition coefficient (Wildman–Crippen LogP) is 4.61. The molecule has 0 spiro atoms. The fourth-order valence-corrected chi connectivity index (χ4v) is 7.05. The van der Waals surface area contributed by atoms with Crippen LogP contribution in [0.3, 0.4) is 0 Å². The van der Waals surface area contributed by atoms with Crippen molar-refractivity contribution < 1.29 is 32.5 Å². The van der Waals surface area contributed by atoms with Crippen molar-refractivity contribution in [2.45, 2.75) is 43.5 Å². The fraction of sp³-hybridized carbons (Fsp3) is 0.424. The second-order valence-electron chi connectivity index (χ2n) is 12.0. The number of hydrogen-bond acceptors (Lipinski definition) is 9. The summed E-state index contributed by atoms with van der Waals surface area (Å²) >= 11 is 0. The summed E-state index contributed by atoms with van der Waals surface area (Å²) < 4.78 is 63.0. The Morgan fingerprint density at radius 2 is 2.02 bits per heavy atom. The van der Waals surface area contributed by atoms with E-state index in [0.717, 1.165) is 19.4 Å². The van der Waals surface area contributed by atoms with Gasteiger partial charge in [0.2, 0.25) is 0 Å². The quantitative estimate of drug-likeness (QED) is 0.224. The molecule has 0 saturated carbocycles. The third kappa shape index (κ3) is 5.18.